The largest absolute Gasteiger partial charge is 0.478 e. The molecule has 2 N–H and O–H groups in total. The highest BCUT2D eigenvalue weighted by Gasteiger charge is 2.33. The lowest BCUT2D eigenvalue weighted by Crippen LogP contribution is -2.22. The second kappa shape index (κ2) is 6.14. The van der Waals surface area contributed by atoms with E-state index in [1.54, 1.807) is 6.92 Å². The number of rotatable bonds is 5. The highest BCUT2D eigenvalue weighted by atomic mass is 32.2. The van der Waals surface area contributed by atoms with Crippen LogP contribution in [-0.4, -0.2) is 34.1 Å². The Morgan fingerprint density at radius 3 is 2.63 bits per heavy atom. The lowest BCUT2D eigenvalue weighted by atomic mass is 10.2. The SMILES string of the molecule is CSCC(C)Nc1nc(C(F)(F)F)ccc1C(=O)O. The number of carboxylic acids is 1. The van der Waals surface area contributed by atoms with Gasteiger partial charge in [0.15, 0.2) is 0 Å². The second-order valence-electron chi connectivity index (χ2n) is 3.90. The summed E-state index contributed by atoms with van der Waals surface area (Å²) in [5, 5.41) is 11.6. The molecule has 1 heterocycles. The number of nitrogens with zero attached hydrogens (tertiary/aromatic N) is 1. The van der Waals surface area contributed by atoms with E-state index in [2.05, 4.69) is 10.3 Å². The van der Waals surface area contributed by atoms with Crippen LogP contribution in [0.3, 0.4) is 0 Å². The van der Waals surface area contributed by atoms with Crippen molar-refractivity contribution in [3.05, 3.63) is 23.4 Å². The molecular weight excluding hydrogens is 281 g/mol. The highest BCUT2D eigenvalue weighted by molar-refractivity contribution is 7.98. The molecule has 0 bridgehead atoms. The lowest BCUT2D eigenvalue weighted by Gasteiger charge is -2.16. The summed E-state index contributed by atoms with van der Waals surface area (Å²) >= 11 is 1.49. The smallest absolute Gasteiger partial charge is 0.433 e. The zero-order valence-electron chi connectivity index (χ0n) is 10.3. The van der Waals surface area contributed by atoms with E-state index in [9.17, 15) is 18.0 Å². The highest BCUT2D eigenvalue weighted by Crippen LogP contribution is 2.29. The van der Waals surface area contributed by atoms with Gasteiger partial charge in [-0.1, -0.05) is 0 Å². The maximum absolute atomic E-state index is 12.5. The van der Waals surface area contributed by atoms with Crippen molar-refractivity contribution in [3.8, 4) is 0 Å². The van der Waals surface area contributed by atoms with E-state index in [0.717, 1.165) is 6.07 Å². The number of anilines is 1. The molecule has 8 heteroatoms. The van der Waals surface area contributed by atoms with Crippen LogP contribution >= 0.6 is 11.8 Å². The molecule has 1 atom stereocenters. The average Bonchev–Trinajstić information content (AvgIpc) is 2.27. The van der Waals surface area contributed by atoms with Crippen molar-refractivity contribution >= 4 is 23.5 Å². The Balaban J connectivity index is 3.12. The summed E-state index contributed by atoms with van der Waals surface area (Å²) in [6.45, 7) is 1.74. The predicted molar refractivity (Wildman–Crippen MR) is 67.7 cm³/mol. The number of aromatic nitrogens is 1. The Hall–Kier alpha value is -1.44. The fourth-order valence-corrected chi connectivity index (χ4v) is 2.01. The third kappa shape index (κ3) is 4.30. The molecule has 0 saturated heterocycles. The van der Waals surface area contributed by atoms with E-state index in [4.69, 9.17) is 5.11 Å². The predicted octanol–water partition coefficient (Wildman–Crippen LogP) is 2.96. The quantitative estimate of drug-likeness (QED) is 0.874. The number of pyridine rings is 1. The molecule has 0 aromatic carbocycles. The second-order valence-corrected chi connectivity index (χ2v) is 4.81. The van der Waals surface area contributed by atoms with E-state index in [-0.39, 0.29) is 17.4 Å². The molecule has 0 saturated carbocycles. The Morgan fingerprint density at radius 1 is 1.53 bits per heavy atom. The fourth-order valence-electron chi connectivity index (χ4n) is 1.42. The first-order valence-electron chi connectivity index (χ1n) is 5.32. The van der Waals surface area contributed by atoms with E-state index in [0.29, 0.717) is 11.8 Å². The maximum atomic E-state index is 12.5. The molecule has 106 valence electrons. The minimum absolute atomic E-state index is 0.191. The van der Waals surface area contributed by atoms with E-state index in [1.807, 2.05) is 6.26 Å². The van der Waals surface area contributed by atoms with E-state index < -0.39 is 17.8 Å². The molecule has 1 rings (SSSR count). The Morgan fingerprint density at radius 2 is 2.16 bits per heavy atom. The molecular formula is C11H13F3N2O2S. The number of thioether (sulfide) groups is 1. The summed E-state index contributed by atoms with van der Waals surface area (Å²) in [6, 6.07) is 1.38. The van der Waals surface area contributed by atoms with Crippen LogP contribution in [0.25, 0.3) is 0 Å². The topological polar surface area (TPSA) is 62.2 Å². The van der Waals surface area contributed by atoms with Crippen molar-refractivity contribution in [2.75, 3.05) is 17.3 Å². The van der Waals surface area contributed by atoms with Crippen LogP contribution in [-0.2, 0) is 6.18 Å². The van der Waals surface area contributed by atoms with Crippen molar-refractivity contribution in [1.29, 1.82) is 0 Å². The molecule has 19 heavy (non-hydrogen) atoms. The maximum Gasteiger partial charge on any atom is 0.433 e. The summed E-state index contributed by atoms with van der Waals surface area (Å²) in [7, 11) is 0. The normalized spacial score (nSPS) is 13.1. The minimum Gasteiger partial charge on any atom is -0.478 e. The van der Waals surface area contributed by atoms with Gasteiger partial charge in [0.25, 0.3) is 0 Å². The number of aromatic carboxylic acids is 1. The standard InChI is InChI=1S/C11H13F3N2O2S/c1-6(5-19-2)15-9-7(10(17)18)3-4-8(16-9)11(12,13)14/h3-4,6H,5H2,1-2H3,(H,15,16)(H,17,18). The van der Waals surface area contributed by atoms with Crippen LogP contribution in [0, 0.1) is 0 Å². The van der Waals surface area contributed by atoms with E-state index in [1.165, 1.54) is 11.8 Å². The van der Waals surface area contributed by atoms with Crippen molar-refractivity contribution in [2.24, 2.45) is 0 Å². The molecule has 1 unspecified atom stereocenters. The van der Waals surface area contributed by atoms with Gasteiger partial charge in [-0.2, -0.15) is 24.9 Å². The van der Waals surface area contributed by atoms with Crippen LogP contribution in [0.1, 0.15) is 23.0 Å². The monoisotopic (exact) mass is 294 g/mol. The van der Waals surface area contributed by atoms with Crippen molar-refractivity contribution in [1.82, 2.24) is 4.98 Å². The summed E-state index contributed by atoms with van der Waals surface area (Å²) in [6.07, 6.45) is -2.76. The Kier molecular flexibility index (Phi) is 5.04. The summed E-state index contributed by atoms with van der Waals surface area (Å²) in [4.78, 5) is 14.3. The number of carbonyl (C=O) groups is 1. The molecule has 4 nitrogen and oxygen atoms in total. The number of hydrogen-bond donors (Lipinski definition) is 2. The van der Waals surface area contributed by atoms with Gasteiger partial charge in [0.1, 0.15) is 17.1 Å². The summed E-state index contributed by atoms with van der Waals surface area (Å²) < 4.78 is 37.6. The van der Waals surface area contributed by atoms with Crippen LogP contribution < -0.4 is 5.32 Å². The van der Waals surface area contributed by atoms with E-state index >= 15 is 0 Å². The number of alkyl halides is 3. The Bertz CT molecular complexity index is 466. The molecule has 0 fully saturated rings. The van der Waals surface area contributed by atoms with Crippen LogP contribution in [0.15, 0.2) is 12.1 Å². The molecule has 1 aromatic heterocycles. The first kappa shape index (κ1) is 15.6. The summed E-state index contributed by atoms with van der Waals surface area (Å²) in [5.74, 6) is -0.958. The minimum atomic E-state index is -4.60. The first-order chi connectivity index (χ1) is 8.75. The van der Waals surface area contributed by atoms with Gasteiger partial charge in [-0.05, 0) is 25.3 Å². The average molecular weight is 294 g/mol. The van der Waals surface area contributed by atoms with Crippen molar-refractivity contribution < 1.29 is 23.1 Å². The van der Waals surface area contributed by atoms with Gasteiger partial charge in [0, 0.05) is 11.8 Å². The molecule has 0 spiro atoms. The zero-order chi connectivity index (χ0) is 14.6. The van der Waals surface area contributed by atoms with Gasteiger partial charge in [-0.25, -0.2) is 9.78 Å². The van der Waals surface area contributed by atoms with Crippen molar-refractivity contribution in [2.45, 2.75) is 19.1 Å². The molecule has 0 aliphatic carbocycles. The third-order valence-electron chi connectivity index (χ3n) is 2.22. The van der Waals surface area contributed by atoms with Crippen molar-refractivity contribution in [3.63, 3.8) is 0 Å². The number of halogens is 3. The number of carboxylic acid groups (broad SMARTS) is 1. The molecule has 0 radical (unpaired) electrons. The van der Waals surface area contributed by atoms with Crippen LogP contribution in [0.4, 0.5) is 19.0 Å². The van der Waals surface area contributed by atoms with Gasteiger partial charge in [0.2, 0.25) is 0 Å². The number of nitrogens with one attached hydrogen (secondary N) is 1. The summed E-state index contributed by atoms with van der Waals surface area (Å²) in [5.41, 5.74) is -1.39. The first-order valence-corrected chi connectivity index (χ1v) is 6.72. The number of hydrogen-bond acceptors (Lipinski definition) is 4. The molecule has 0 amide bonds. The van der Waals surface area contributed by atoms with Crippen LogP contribution in [0.2, 0.25) is 0 Å². The van der Waals surface area contributed by atoms with Crippen LogP contribution in [0.5, 0.6) is 0 Å². The van der Waals surface area contributed by atoms with Gasteiger partial charge in [-0.3, -0.25) is 0 Å². The Labute approximate surface area is 112 Å². The third-order valence-corrected chi connectivity index (χ3v) is 3.05. The molecule has 1 aromatic rings. The molecule has 0 aliphatic rings. The van der Waals surface area contributed by atoms with Gasteiger partial charge in [0.05, 0.1) is 0 Å². The van der Waals surface area contributed by atoms with Gasteiger partial charge in [-0.15, -0.1) is 0 Å². The van der Waals surface area contributed by atoms with Gasteiger partial charge >= 0.3 is 12.1 Å². The van der Waals surface area contributed by atoms with Gasteiger partial charge < -0.3 is 10.4 Å². The lowest BCUT2D eigenvalue weighted by molar-refractivity contribution is -0.141. The fraction of sp³-hybridized carbons (Fsp3) is 0.455. The molecule has 0 aliphatic heterocycles. The zero-order valence-corrected chi connectivity index (χ0v) is 11.1.